The normalized spacial score (nSPS) is 18.3. The Kier molecular flexibility index (Phi) is 8.34. The van der Waals surface area contributed by atoms with E-state index in [2.05, 4.69) is 4.72 Å². The molecule has 1 N–H and O–H groups in total. The van der Waals surface area contributed by atoms with Crippen LogP contribution in [0.5, 0.6) is 0 Å². The van der Waals surface area contributed by atoms with E-state index in [4.69, 9.17) is 5.10 Å². The van der Waals surface area contributed by atoms with Crippen LogP contribution in [0.1, 0.15) is 97.1 Å². The van der Waals surface area contributed by atoms with E-state index in [9.17, 15) is 8.42 Å². The van der Waals surface area contributed by atoms with Crippen LogP contribution in [0.25, 0.3) is 5.69 Å². The second kappa shape index (κ2) is 10.8. The van der Waals surface area contributed by atoms with E-state index in [1.807, 2.05) is 51.1 Å². The Morgan fingerprint density at radius 2 is 1.39 bits per heavy atom. The van der Waals surface area contributed by atoms with Gasteiger partial charge in [-0.3, -0.25) is 0 Å². The van der Waals surface area contributed by atoms with Gasteiger partial charge in [0.05, 0.1) is 17.6 Å². The van der Waals surface area contributed by atoms with Gasteiger partial charge in [-0.1, -0.05) is 96.8 Å². The summed E-state index contributed by atoms with van der Waals surface area (Å²) in [5.74, 6) is 0. The summed E-state index contributed by atoms with van der Waals surface area (Å²) in [4.78, 5) is 0.301. The highest BCUT2D eigenvalue weighted by molar-refractivity contribution is 7.89. The number of nitrogens with one attached hydrogen (secondary N) is 1. The number of para-hydroxylation sites is 1. The summed E-state index contributed by atoms with van der Waals surface area (Å²) in [6.45, 7) is 6.04. The van der Waals surface area contributed by atoms with Crippen LogP contribution in [0, 0.1) is 0 Å². The van der Waals surface area contributed by atoms with Crippen LogP contribution in [0.3, 0.4) is 0 Å². The van der Waals surface area contributed by atoms with E-state index in [1.54, 1.807) is 10.9 Å². The van der Waals surface area contributed by atoms with Gasteiger partial charge in [0.15, 0.2) is 0 Å². The first-order valence-electron chi connectivity index (χ1n) is 12.0. The molecule has 1 aliphatic carbocycles. The third-order valence-electron chi connectivity index (χ3n) is 6.13. The number of benzene rings is 1. The smallest absolute Gasteiger partial charge is 0.239 e. The zero-order chi connectivity index (χ0) is 22.3. The molecule has 1 aromatic carbocycles. The predicted octanol–water partition coefficient (Wildman–Crippen LogP) is 6.12. The first kappa shape index (κ1) is 24.0. The molecule has 1 heterocycles. The molecule has 0 unspecified atom stereocenters. The number of hydrogen-bond donors (Lipinski definition) is 1. The lowest BCUT2D eigenvalue weighted by molar-refractivity contribution is 0.439. The summed E-state index contributed by atoms with van der Waals surface area (Å²) in [6, 6.07) is 9.69. The Balaban J connectivity index is 1.84. The third kappa shape index (κ3) is 6.91. The minimum atomic E-state index is -3.66. The second-order valence-electron chi connectivity index (χ2n) is 9.95. The van der Waals surface area contributed by atoms with Gasteiger partial charge in [0, 0.05) is 11.5 Å². The Bertz CT molecular complexity index is 902. The molecule has 0 spiro atoms. The molecule has 1 saturated carbocycles. The average Bonchev–Trinajstić information content (AvgIpc) is 3.18. The zero-order valence-corrected chi connectivity index (χ0v) is 20.3. The second-order valence-corrected chi connectivity index (χ2v) is 11.6. The fourth-order valence-corrected chi connectivity index (χ4v) is 5.99. The average molecular weight is 446 g/mol. The largest absolute Gasteiger partial charge is 0.244 e. The molecule has 0 aliphatic heterocycles. The lowest BCUT2D eigenvalue weighted by atomic mass is 9.92. The van der Waals surface area contributed by atoms with E-state index in [1.165, 1.54) is 44.9 Å². The number of sulfonamides is 1. The fraction of sp³-hybridized carbons (Fsp3) is 0.640. The highest BCUT2D eigenvalue weighted by Crippen LogP contribution is 2.29. The van der Waals surface area contributed by atoms with Crippen molar-refractivity contribution in [1.29, 1.82) is 0 Å². The molecule has 1 fully saturated rings. The molecule has 0 saturated heterocycles. The van der Waals surface area contributed by atoms with E-state index in [0.717, 1.165) is 31.4 Å². The van der Waals surface area contributed by atoms with E-state index >= 15 is 0 Å². The maximum atomic E-state index is 13.5. The van der Waals surface area contributed by atoms with E-state index in [0.29, 0.717) is 10.6 Å². The van der Waals surface area contributed by atoms with E-state index in [-0.39, 0.29) is 11.5 Å². The first-order chi connectivity index (χ1) is 14.8. The molecule has 0 radical (unpaired) electrons. The highest BCUT2D eigenvalue weighted by Gasteiger charge is 2.31. The fourth-order valence-electron chi connectivity index (χ4n) is 4.35. The lowest BCUT2D eigenvalue weighted by Gasteiger charge is -2.21. The monoisotopic (exact) mass is 445 g/mol. The Labute approximate surface area is 188 Å². The van der Waals surface area contributed by atoms with Crippen molar-refractivity contribution in [1.82, 2.24) is 14.5 Å². The molecular weight excluding hydrogens is 406 g/mol. The van der Waals surface area contributed by atoms with Gasteiger partial charge >= 0.3 is 0 Å². The van der Waals surface area contributed by atoms with Gasteiger partial charge in [-0.25, -0.2) is 17.8 Å². The lowest BCUT2D eigenvalue weighted by Crippen LogP contribution is -2.36. The van der Waals surface area contributed by atoms with Crippen LogP contribution < -0.4 is 4.72 Å². The molecule has 5 nitrogen and oxygen atoms in total. The summed E-state index contributed by atoms with van der Waals surface area (Å²) >= 11 is 0. The number of hydrogen-bond acceptors (Lipinski definition) is 3. The van der Waals surface area contributed by atoms with Crippen molar-refractivity contribution >= 4 is 10.0 Å². The number of nitrogens with zero attached hydrogens (tertiary/aromatic N) is 2. The molecule has 1 aromatic heterocycles. The maximum absolute atomic E-state index is 13.5. The molecule has 2 aromatic rings. The summed E-state index contributed by atoms with van der Waals surface area (Å²) in [5.41, 5.74) is 1.09. The van der Waals surface area contributed by atoms with Crippen molar-refractivity contribution in [2.75, 3.05) is 0 Å². The molecule has 0 amide bonds. The van der Waals surface area contributed by atoms with Gasteiger partial charge in [-0.2, -0.15) is 5.10 Å². The Hall–Kier alpha value is -1.66. The van der Waals surface area contributed by atoms with Crippen molar-refractivity contribution in [3.8, 4) is 5.69 Å². The summed E-state index contributed by atoms with van der Waals surface area (Å²) in [6.07, 6.45) is 14.5. The van der Waals surface area contributed by atoms with Gasteiger partial charge < -0.3 is 0 Å². The van der Waals surface area contributed by atoms with Gasteiger partial charge in [-0.05, 0) is 25.0 Å². The van der Waals surface area contributed by atoms with Crippen LogP contribution in [0.4, 0.5) is 0 Å². The molecule has 6 heteroatoms. The van der Waals surface area contributed by atoms with Crippen molar-refractivity contribution in [2.45, 2.75) is 108 Å². The summed E-state index contributed by atoms with van der Waals surface area (Å²) in [7, 11) is -3.66. The zero-order valence-electron chi connectivity index (χ0n) is 19.4. The first-order valence-corrected chi connectivity index (χ1v) is 13.4. The Morgan fingerprint density at radius 3 is 1.90 bits per heavy atom. The standard InChI is InChI=1S/C25H39N3O2S/c1-25(2,3)24-23(20-28(26-24)22-18-14-11-15-19-22)31(29,30)27-21-16-12-9-7-5-4-6-8-10-13-17-21/h11,14-15,18-21,27H,4-10,12-13,16-17H2,1-3H3. The predicted molar refractivity (Wildman–Crippen MR) is 127 cm³/mol. The van der Waals surface area contributed by atoms with Crippen LogP contribution in [-0.4, -0.2) is 24.2 Å². The van der Waals surface area contributed by atoms with Gasteiger partial charge in [-0.15, -0.1) is 0 Å². The van der Waals surface area contributed by atoms with Gasteiger partial charge in [0.25, 0.3) is 0 Å². The van der Waals surface area contributed by atoms with Crippen molar-refractivity contribution < 1.29 is 8.42 Å². The van der Waals surface area contributed by atoms with Gasteiger partial charge in [0.1, 0.15) is 4.90 Å². The molecular formula is C25H39N3O2S. The summed E-state index contributed by atoms with van der Waals surface area (Å²) < 4.78 is 31.8. The van der Waals surface area contributed by atoms with Crippen LogP contribution in [-0.2, 0) is 15.4 Å². The highest BCUT2D eigenvalue weighted by atomic mass is 32.2. The van der Waals surface area contributed by atoms with Crippen LogP contribution >= 0.6 is 0 Å². The third-order valence-corrected chi connectivity index (χ3v) is 7.65. The molecule has 3 rings (SSSR count). The minimum absolute atomic E-state index is 0.00248. The topological polar surface area (TPSA) is 64.0 Å². The quantitative estimate of drug-likeness (QED) is 0.616. The van der Waals surface area contributed by atoms with Crippen LogP contribution in [0.2, 0.25) is 0 Å². The van der Waals surface area contributed by atoms with Gasteiger partial charge in [0.2, 0.25) is 10.0 Å². The number of rotatable bonds is 4. The maximum Gasteiger partial charge on any atom is 0.244 e. The minimum Gasteiger partial charge on any atom is -0.239 e. The molecule has 31 heavy (non-hydrogen) atoms. The van der Waals surface area contributed by atoms with E-state index < -0.39 is 10.0 Å². The molecule has 1 aliphatic rings. The SMILES string of the molecule is CC(C)(C)c1nn(-c2ccccc2)cc1S(=O)(=O)NC1CCCCCCCCCCC1. The van der Waals surface area contributed by atoms with Crippen LogP contribution in [0.15, 0.2) is 41.4 Å². The molecule has 172 valence electrons. The molecule has 0 bridgehead atoms. The van der Waals surface area contributed by atoms with Crippen molar-refractivity contribution in [3.05, 3.63) is 42.2 Å². The summed E-state index contributed by atoms with van der Waals surface area (Å²) in [5, 5.41) is 4.69. The Morgan fingerprint density at radius 1 is 0.871 bits per heavy atom. The molecule has 0 atom stereocenters. The number of aromatic nitrogens is 2. The van der Waals surface area contributed by atoms with Crippen molar-refractivity contribution in [2.24, 2.45) is 0 Å². The van der Waals surface area contributed by atoms with Crippen molar-refractivity contribution in [3.63, 3.8) is 0 Å².